The van der Waals surface area contributed by atoms with Gasteiger partial charge in [-0.1, -0.05) is 30.3 Å². The number of benzene rings is 1. The van der Waals surface area contributed by atoms with E-state index >= 15 is 0 Å². The van der Waals surface area contributed by atoms with Crippen molar-refractivity contribution in [1.29, 1.82) is 0 Å². The van der Waals surface area contributed by atoms with Gasteiger partial charge in [0, 0.05) is 6.54 Å². The zero-order valence-electron chi connectivity index (χ0n) is 12.7. The number of rotatable bonds is 5. The van der Waals surface area contributed by atoms with Crippen LogP contribution in [0.5, 0.6) is 0 Å². The number of hydrogen-bond donors (Lipinski definition) is 0. The molecule has 6 heteroatoms. The van der Waals surface area contributed by atoms with Crippen molar-refractivity contribution in [2.45, 2.75) is 25.6 Å². The zero-order chi connectivity index (χ0) is 15.8. The van der Waals surface area contributed by atoms with Crippen LogP contribution in [0.3, 0.4) is 0 Å². The van der Waals surface area contributed by atoms with Crippen LogP contribution in [0.25, 0.3) is 0 Å². The van der Waals surface area contributed by atoms with Gasteiger partial charge in [0.05, 0.1) is 19.8 Å². The molecular weight excluding hydrogens is 286 g/mol. The van der Waals surface area contributed by atoms with Gasteiger partial charge in [-0.05, 0) is 18.4 Å². The number of carbonyl (C=O) groups is 2. The molecule has 1 aromatic rings. The van der Waals surface area contributed by atoms with Crippen LogP contribution >= 0.6 is 0 Å². The summed E-state index contributed by atoms with van der Waals surface area (Å²) in [5.74, 6) is -0.413. The lowest BCUT2D eigenvalue weighted by Crippen LogP contribution is -2.43. The highest BCUT2D eigenvalue weighted by Crippen LogP contribution is 2.15. The molecule has 0 saturated carbocycles. The second kappa shape index (κ2) is 8.38. The van der Waals surface area contributed by atoms with Gasteiger partial charge in [-0.3, -0.25) is 0 Å². The molecule has 1 aromatic carbocycles. The van der Waals surface area contributed by atoms with Gasteiger partial charge in [0.2, 0.25) is 0 Å². The number of amides is 1. The van der Waals surface area contributed by atoms with Crippen molar-refractivity contribution < 1.29 is 23.8 Å². The monoisotopic (exact) mass is 307 g/mol. The first-order valence-corrected chi connectivity index (χ1v) is 7.33. The number of esters is 1. The number of nitrogens with zero attached hydrogens (tertiary/aromatic N) is 1. The zero-order valence-corrected chi connectivity index (χ0v) is 12.7. The molecule has 1 aliphatic rings. The Morgan fingerprint density at radius 3 is 2.77 bits per heavy atom. The summed E-state index contributed by atoms with van der Waals surface area (Å²) in [6, 6.07) is 9.54. The van der Waals surface area contributed by atoms with Gasteiger partial charge in [0.1, 0.15) is 13.2 Å². The number of hydrogen-bond acceptors (Lipinski definition) is 5. The first kappa shape index (κ1) is 16.3. The highest BCUT2D eigenvalue weighted by Gasteiger charge is 2.25. The topological polar surface area (TPSA) is 65.1 Å². The summed E-state index contributed by atoms with van der Waals surface area (Å²) in [4.78, 5) is 24.8. The number of likely N-dealkylation sites (tertiary alicyclic amines) is 1. The normalized spacial score (nSPS) is 17.9. The Morgan fingerprint density at radius 1 is 1.27 bits per heavy atom. The van der Waals surface area contributed by atoms with Crippen molar-refractivity contribution in [3.8, 4) is 0 Å². The fraction of sp³-hybridized carbons (Fsp3) is 0.500. The first-order chi connectivity index (χ1) is 10.7. The average Bonchev–Trinajstić information content (AvgIpc) is 2.58. The van der Waals surface area contributed by atoms with Gasteiger partial charge >= 0.3 is 12.1 Å². The van der Waals surface area contributed by atoms with Crippen LogP contribution in [0.15, 0.2) is 30.3 Å². The van der Waals surface area contributed by atoms with Gasteiger partial charge < -0.3 is 19.1 Å². The van der Waals surface area contributed by atoms with E-state index in [1.165, 1.54) is 7.11 Å². The molecule has 1 atom stereocenters. The van der Waals surface area contributed by atoms with Crippen LogP contribution in [0.2, 0.25) is 0 Å². The molecule has 2 rings (SSSR count). The van der Waals surface area contributed by atoms with Crippen LogP contribution in [-0.4, -0.2) is 49.9 Å². The molecular formula is C16H21NO5. The summed E-state index contributed by atoms with van der Waals surface area (Å²) in [6.45, 7) is 1.24. The average molecular weight is 307 g/mol. The summed E-state index contributed by atoms with van der Waals surface area (Å²) in [6.07, 6.45) is 1.14. The third-order valence-electron chi connectivity index (χ3n) is 3.51. The molecule has 0 bridgehead atoms. The third-order valence-corrected chi connectivity index (χ3v) is 3.51. The van der Waals surface area contributed by atoms with Gasteiger partial charge in [-0.25, -0.2) is 9.59 Å². The Labute approximate surface area is 129 Å². The second-order valence-electron chi connectivity index (χ2n) is 5.14. The van der Waals surface area contributed by atoms with Crippen molar-refractivity contribution in [2.24, 2.45) is 0 Å². The first-order valence-electron chi connectivity index (χ1n) is 7.33. The summed E-state index contributed by atoms with van der Waals surface area (Å²) in [7, 11) is 1.32. The largest absolute Gasteiger partial charge is 0.467 e. The fourth-order valence-corrected chi connectivity index (χ4v) is 2.30. The Balaban J connectivity index is 1.76. The van der Waals surface area contributed by atoms with E-state index in [-0.39, 0.29) is 25.4 Å². The minimum atomic E-state index is -0.413. The molecule has 1 amide bonds. The second-order valence-corrected chi connectivity index (χ2v) is 5.14. The maximum Gasteiger partial charge on any atom is 0.410 e. The lowest BCUT2D eigenvalue weighted by atomic mass is 10.1. The Morgan fingerprint density at radius 2 is 2.05 bits per heavy atom. The third kappa shape index (κ3) is 5.04. The van der Waals surface area contributed by atoms with Gasteiger partial charge in [-0.2, -0.15) is 0 Å². The van der Waals surface area contributed by atoms with Gasteiger partial charge in [0.25, 0.3) is 0 Å². The molecule has 120 valence electrons. The predicted octanol–water partition coefficient (Wildman–Crippen LogP) is 1.98. The lowest BCUT2D eigenvalue weighted by Gasteiger charge is -2.31. The molecule has 0 aromatic heterocycles. The van der Waals surface area contributed by atoms with Crippen molar-refractivity contribution in [3.05, 3.63) is 35.9 Å². The van der Waals surface area contributed by atoms with E-state index in [1.807, 2.05) is 30.3 Å². The van der Waals surface area contributed by atoms with E-state index in [0.29, 0.717) is 13.1 Å². The van der Waals surface area contributed by atoms with Crippen molar-refractivity contribution in [1.82, 2.24) is 4.90 Å². The molecule has 0 unspecified atom stereocenters. The number of piperidine rings is 1. The van der Waals surface area contributed by atoms with Crippen LogP contribution in [0.1, 0.15) is 18.4 Å². The quantitative estimate of drug-likeness (QED) is 0.778. The van der Waals surface area contributed by atoms with E-state index in [1.54, 1.807) is 4.90 Å². The standard InChI is InChI=1S/C16H21NO5/c1-20-15(18)12-21-14-8-5-9-17(10-14)16(19)22-11-13-6-3-2-4-7-13/h2-4,6-7,14H,5,8-12H2,1H3/t14-/m0/s1. The van der Waals surface area contributed by atoms with Crippen molar-refractivity contribution >= 4 is 12.1 Å². The smallest absolute Gasteiger partial charge is 0.410 e. The van der Waals surface area contributed by atoms with Crippen LogP contribution < -0.4 is 0 Å². The molecule has 1 fully saturated rings. The van der Waals surface area contributed by atoms with Crippen LogP contribution in [-0.2, 0) is 25.6 Å². The molecule has 0 spiro atoms. The molecule has 22 heavy (non-hydrogen) atoms. The highest BCUT2D eigenvalue weighted by atomic mass is 16.6. The summed E-state index contributed by atoms with van der Waals surface area (Å²) in [5, 5.41) is 0. The maximum absolute atomic E-state index is 12.1. The SMILES string of the molecule is COC(=O)CO[C@H]1CCCN(C(=O)OCc2ccccc2)C1. The molecule has 6 nitrogen and oxygen atoms in total. The highest BCUT2D eigenvalue weighted by molar-refractivity contribution is 5.70. The Bertz CT molecular complexity index is 491. The summed E-state index contributed by atoms with van der Waals surface area (Å²) >= 11 is 0. The Kier molecular flexibility index (Phi) is 6.21. The molecule has 0 radical (unpaired) electrons. The van der Waals surface area contributed by atoms with Crippen molar-refractivity contribution in [3.63, 3.8) is 0 Å². The molecule has 1 aliphatic heterocycles. The minimum Gasteiger partial charge on any atom is -0.467 e. The van der Waals surface area contributed by atoms with Crippen LogP contribution in [0.4, 0.5) is 4.79 Å². The summed E-state index contributed by atoms with van der Waals surface area (Å²) in [5.41, 5.74) is 0.950. The lowest BCUT2D eigenvalue weighted by molar-refractivity contribution is -0.148. The van der Waals surface area contributed by atoms with Crippen molar-refractivity contribution in [2.75, 3.05) is 26.8 Å². The number of carbonyl (C=O) groups excluding carboxylic acids is 2. The van der Waals surface area contributed by atoms with E-state index < -0.39 is 5.97 Å². The molecule has 1 heterocycles. The molecule has 0 aliphatic carbocycles. The van der Waals surface area contributed by atoms with E-state index in [0.717, 1.165) is 18.4 Å². The molecule has 0 N–H and O–H groups in total. The Hall–Kier alpha value is -2.08. The minimum absolute atomic E-state index is 0.0892. The van der Waals surface area contributed by atoms with Gasteiger partial charge in [0.15, 0.2) is 0 Å². The van der Waals surface area contributed by atoms with E-state index in [4.69, 9.17) is 9.47 Å². The number of ether oxygens (including phenoxy) is 3. The van der Waals surface area contributed by atoms with E-state index in [2.05, 4.69) is 4.74 Å². The summed E-state index contributed by atoms with van der Waals surface area (Å²) < 4.78 is 15.3. The number of methoxy groups -OCH3 is 1. The van der Waals surface area contributed by atoms with Gasteiger partial charge in [-0.15, -0.1) is 0 Å². The predicted molar refractivity (Wildman–Crippen MR) is 79.2 cm³/mol. The maximum atomic E-state index is 12.1. The van der Waals surface area contributed by atoms with Crippen LogP contribution in [0, 0.1) is 0 Å². The van der Waals surface area contributed by atoms with E-state index in [9.17, 15) is 9.59 Å². The fourth-order valence-electron chi connectivity index (χ4n) is 2.30. The molecule has 1 saturated heterocycles.